The van der Waals surface area contributed by atoms with Gasteiger partial charge in [-0.05, 0) is 45.0 Å². The summed E-state index contributed by atoms with van der Waals surface area (Å²) in [5.74, 6) is -0.0803. The minimum Gasteiger partial charge on any atom is -0.443 e. The fourth-order valence-electron chi connectivity index (χ4n) is 3.38. The molecule has 8 nitrogen and oxygen atoms in total. The van der Waals surface area contributed by atoms with Crippen molar-refractivity contribution in [1.29, 1.82) is 0 Å². The highest BCUT2D eigenvalue weighted by Gasteiger charge is 2.28. The molecule has 0 saturated carbocycles. The molecule has 2 heterocycles. The molecule has 0 bridgehead atoms. The second kappa shape index (κ2) is 10.3. The average Bonchev–Trinajstić information content (AvgIpc) is 2.76. The van der Waals surface area contributed by atoms with Gasteiger partial charge in [-0.2, -0.15) is 10.2 Å². The summed E-state index contributed by atoms with van der Waals surface area (Å²) in [7, 11) is 0. The van der Waals surface area contributed by atoms with E-state index in [1.54, 1.807) is 6.20 Å². The third kappa shape index (κ3) is 7.03. The van der Waals surface area contributed by atoms with Gasteiger partial charge in [0, 0.05) is 51.0 Å². The molecule has 1 aromatic heterocycles. The first-order valence-electron chi connectivity index (χ1n) is 10.6. The van der Waals surface area contributed by atoms with E-state index in [0.717, 1.165) is 31.7 Å². The van der Waals surface area contributed by atoms with Crippen LogP contribution in [0, 0.1) is 0 Å². The van der Waals surface area contributed by atoms with Crippen molar-refractivity contribution < 1.29 is 14.3 Å². The van der Waals surface area contributed by atoms with Gasteiger partial charge in [0.1, 0.15) is 12.1 Å². The summed E-state index contributed by atoms with van der Waals surface area (Å²) in [6.07, 6.45) is 1.99. The van der Waals surface area contributed by atoms with Crippen LogP contribution in [0.4, 0.5) is 10.5 Å². The molecule has 166 valence electrons. The molecule has 0 atom stereocenters. The van der Waals surface area contributed by atoms with Crippen LogP contribution in [0.1, 0.15) is 26.5 Å². The lowest BCUT2D eigenvalue weighted by molar-refractivity contribution is -0.131. The number of carbonyl (C=O) groups is 2. The van der Waals surface area contributed by atoms with E-state index in [1.165, 1.54) is 4.90 Å². The van der Waals surface area contributed by atoms with Crippen molar-refractivity contribution in [2.45, 2.75) is 32.8 Å². The maximum Gasteiger partial charge on any atom is 0.415 e. The van der Waals surface area contributed by atoms with E-state index in [1.807, 2.05) is 68.1 Å². The maximum absolute atomic E-state index is 13.0. The Morgan fingerprint density at radius 1 is 1.03 bits per heavy atom. The molecule has 0 unspecified atom stereocenters. The Bertz CT molecular complexity index is 847. The highest BCUT2D eigenvalue weighted by atomic mass is 16.6. The van der Waals surface area contributed by atoms with Gasteiger partial charge in [-0.15, -0.1) is 0 Å². The molecule has 0 N–H and O–H groups in total. The Kier molecular flexibility index (Phi) is 7.57. The van der Waals surface area contributed by atoms with Gasteiger partial charge < -0.3 is 9.64 Å². The van der Waals surface area contributed by atoms with Gasteiger partial charge in [0.05, 0.1) is 5.69 Å². The summed E-state index contributed by atoms with van der Waals surface area (Å²) in [6, 6.07) is 13.0. The third-order valence-corrected chi connectivity index (χ3v) is 5.01. The number of amides is 2. The van der Waals surface area contributed by atoms with Crippen LogP contribution >= 0.6 is 0 Å². The Balaban J connectivity index is 1.55. The Hall–Kier alpha value is -3.00. The molecule has 0 aliphatic carbocycles. The molecule has 1 fully saturated rings. The Morgan fingerprint density at radius 2 is 1.74 bits per heavy atom. The van der Waals surface area contributed by atoms with Crippen molar-refractivity contribution in [2.75, 3.05) is 44.2 Å². The standard InChI is InChI=1S/C23H31N5O3/c1-23(2,3)31-22(30)28(20-9-5-4-6-10-20)18-21(29)27-16-14-26(15-17-27)13-11-19-8-7-12-24-25-19/h4-10,12H,11,13-18H2,1-3H3. The van der Waals surface area contributed by atoms with Gasteiger partial charge in [0.25, 0.3) is 0 Å². The first-order valence-corrected chi connectivity index (χ1v) is 10.6. The monoisotopic (exact) mass is 425 g/mol. The summed E-state index contributed by atoms with van der Waals surface area (Å²) < 4.78 is 5.53. The minimum absolute atomic E-state index is 0.0431. The fourth-order valence-corrected chi connectivity index (χ4v) is 3.38. The quantitative estimate of drug-likeness (QED) is 0.708. The number of nitrogens with zero attached hydrogens (tertiary/aromatic N) is 5. The number of piperazine rings is 1. The third-order valence-electron chi connectivity index (χ3n) is 5.01. The van der Waals surface area contributed by atoms with Crippen molar-refractivity contribution >= 4 is 17.7 Å². The number of carbonyl (C=O) groups excluding carboxylic acids is 2. The molecule has 31 heavy (non-hydrogen) atoms. The zero-order chi connectivity index (χ0) is 22.3. The van der Waals surface area contributed by atoms with E-state index in [4.69, 9.17) is 4.74 Å². The van der Waals surface area contributed by atoms with Crippen LogP contribution in [0.3, 0.4) is 0 Å². The van der Waals surface area contributed by atoms with Crippen LogP contribution in [-0.4, -0.2) is 76.9 Å². The van der Waals surface area contributed by atoms with E-state index in [0.29, 0.717) is 18.8 Å². The van der Waals surface area contributed by atoms with Crippen LogP contribution in [0.15, 0.2) is 48.7 Å². The number of rotatable bonds is 6. The SMILES string of the molecule is CC(C)(C)OC(=O)N(CC(=O)N1CCN(CCc2cccnn2)CC1)c1ccccc1. The highest BCUT2D eigenvalue weighted by molar-refractivity contribution is 5.95. The summed E-state index contributed by atoms with van der Waals surface area (Å²) in [5, 5.41) is 8.03. The van der Waals surface area contributed by atoms with Crippen LogP contribution in [0.2, 0.25) is 0 Å². The van der Waals surface area contributed by atoms with Crippen LogP contribution in [-0.2, 0) is 16.0 Å². The molecule has 8 heteroatoms. The molecule has 0 spiro atoms. The van der Waals surface area contributed by atoms with Crippen LogP contribution in [0.5, 0.6) is 0 Å². The molecule has 1 aliphatic heterocycles. The van der Waals surface area contributed by atoms with Crippen molar-refractivity contribution in [3.63, 3.8) is 0 Å². The molecule has 1 aromatic carbocycles. The maximum atomic E-state index is 13.0. The lowest BCUT2D eigenvalue weighted by Gasteiger charge is -2.36. The number of aromatic nitrogens is 2. The van der Waals surface area contributed by atoms with Crippen molar-refractivity contribution in [1.82, 2.24) is 20.0 Å². The summed E-state index contributed by atoms with van der Waals surface area (Å²) in [5.41, 5.74) is 0.978. The number of hydrogen-bond acceptors (Lipinski definition) is 6. The second-order valence-corrected chi connectivity index (χ2v) is 8.59. The minimum atomic E-state index is -0.637. The van der Waals surface area contributed by atoms with Gasteiger partial charge in [0.2, 0.25) is 5.91 Å². The van der Waals surface area contributed by atoms with Crippen LogP contribution < -0.4 is 4.90 Å². The molecule has 0 radical (unpaired) electrons. The molecule has 3 rings (SSSR count). The fraction of sp³-hybridized carbons (Fsp3) is 0.478. The van der Waals surface area contributed by atoms with Crippen molar-refractivity contribution in [3.05, 3.63) is 54.4 Å². The van der Waals surface area contributed by atoms with Gasteiger partial charge >= 0.3 is 6.09 Å². The van der Waals surface area contributed by atoms with Gasteiger partial charge in [-0.1, -0.05) is 18.2 Å². The first kappa shape index (κ1) is 22.7. The summed E-state index contributed by atoms with van der Waals surface area (Å²) in [4.78, 5) is 31.3. The lowest BCUT2D eigenvalue weighted by atomic mass is 10.2. The predicted octanol–water partition coefficient (Wildman–Crippen LogP) is 2.61. The average molecular weight is 426 g/mol. The number of benzene rings is 1. The first-order chi connectivity index (χ1) is 14.8. The van der Waals surface area contributed by atoms with E-state index >= 15 is 0 Å². The van der Waals surface area contributed by atoms with E-state index in [-0.39, 0.29) is 12.5 Å². The number of para-hydroxylation sites is 1. The van der Waals surface area contributed by atoms with Crippen molar-refractivity contribution in [3.8, 4) is 0 Å². The number of hydrogen-bond donors (Lipinski definition) is 0. The number of ether oxygens (including phenoxy) is 1. The summed E-state index contributed by atoms with van der Waals surface area (Å²) >= 11 is 0. The topological polar surface area (TPSA) is 78.9 Å². The molecular weight excluding hydrogens is 394 g/mol. The molecule has 2 aromatic rings. The lowest BCUT2D eigenvalue weighted by Crippen LogP contribution is -2.52. The van der Waals surface area contributed by atoms with Gasteiger partial charge in [-0.25, -0.2) is 4.79 Å². The molecule has 1 saturated heterocycles. The van der Waals surface area contributed by atoms with Crippen molar-refractivity contribution in [2.24, 2.45) is 0 Å². The number of anilines is 1. The molecule has 2 amide bonds. The van der Waals surface area contributed by atoms with Crippen LogP contribution in [0.25, 0.3) is 0 Å². The zero-order valence-electron chi connectivity index (χ0n) is 18.5. The Morgan fingerprint density at radius 3 is 2.35 bits per heavy atom. The largest absolute Gasteiger partial charge is 0.443 e. The predicted molar refractivity (Wildman–Crippen MR) is 119 cm³/mol. The van der Waals surface area contributed by atoms with E-state index in [2.05, 4.69) is 15.1 Å². The molecule has 1 aliphatic rings. The van der Waals surface area contributed by atoms with E-state index in [9.17, 15) is 9.59 Å². The zero-order valence-corrected chi connectivity index (χ0v) is 18.5. The smallest absolute Gasteiger partial charge is 0.415 e. The second-order valence-electron chi connectivity index (χ2n) is 8.59. The van der Waals surface area contributed by atoms with Gasteiger partial charge in [-0.3, -0.25) is 14.6 Å². The van der Waals surface area contributed by atoms with E-state index < -0.39 is 11.7 Å². The Labute approximate surface area is 183 Å². The summed E-state index contributed by atoms with van der Waals surface area (Å²) in [6.45, 7) is 9.15. The van der Waals surface area contributed by atoms with Gasteiger partial charge in [0.15, 0.2) is 0 Å². The normalized spacial score (nSPS) is 14.9. The highest BCUT2D eigenvalue weighted by Crippen LogP contribution is 2.18. The molecular formula is C23H31N5O3.